The molecule has 0 aromatic carbocycles. The average molecular weight is 226 g/mol. The van der Waals surface area contributed by atoms with Crippen LogP contribution < -0.4 is 0 Å². The van der Waals surface area contributed by atoms with Gasteiger partial charge in [0, 0.05) is 11.8 Å². The number of carbonyl (C=O) groups is 1. The van der Waals surface area contributed by atoms with Gasteiger partial charge < -0.3 is 9.84 Å². The molecule has 0 aliphatic heterocycles. The smallest absolute Gasteiger partial charge is 0.435 e. The number of hydrogen-bond donors (Lipinski definition) is 1. The minimum Gasteiger partial charge on any atom is -0.442 e. The highest BCUT2D eigenvalue weighted by Crippen LogP contribution is 2.18. The first-order chi connectivity index (χ1) is 7.09. The first-order valence-electron chi connectivity index (χ1n) is 5.10. The second kappa shape index (κ2) is 3.90. The van der Waals surface area contributed by atoms with Crippen LogP contribution in [0.2, 0.25) is 0 Å². The highest BCUT2D eigenvalue weighted by molar-refractivity contribution is 5.69. The minimum absolute atomic E-state index is 0.553. The van der Waals surface area contributed by atoms with Gasteiger partial charge in [-0.3, -0.25) is 0 Å². The van der Waals surface area contributed by atoms with Gasteiger partial charge in [-0.15, -0.1) is 0 Å². The Kier molecular flexibility index (Phi) is 3.10. The molecule has 90 valence electrons. The van der Waals surface area contributed by atoms with E-state index in [2.05, 4.69) is 5.10 Å². The van der Waals surface area contributed by atoms with E-state index >= 15 is 0 Å². The lowest BCUT2D eigenvalue weighted by atomic mass is 10.0. The van der Waals surface area contributed by atoms with E-state index in [1.165, 1.54) is 12.4 Å². The van der Waals surface area contributed by atoms with Gasteiger partial charge >= 0.3 is 6.09 Å². The van der Waals surface area contributed by atoms with Gasteiger partial charge in [0.15, 0.2) is 0 Å². The highest BCUT2D eigenvalue weighted by atomic mass is 16.6. The number of ether oxygens (including phenoxy) is 1. The maximum absolute atomic E-state index is 11.6. The molecule has 0 saturated heterocycles. The Morgan fingerprint density at radius 2 is 1.94 bits per heavy atom. The Morgan fingerprint density at radius 1 is 1.38 bits per heavy atom. The van der Waals surface area contributed by atoms with Crippen LogP contribution >= 0.6 is 0 Å². The van der Waals surface area contributed by atoms with E-state index in [0.29, 0.717) is 5.56 Å². The Bertz CT molecular complexity index is 383. The summed E-state index contributed by atoms with van der Waals surface area (Å²) >= 11 is 0. The lowest BCUT2D eigenvalue weighted by Crippen LogP contribution is -2.27. The molecular weight excluding hydrogens is 208 g/mol. The normalized spacial score (nSPS) is 12.6. The monoisotopic (exact) mass is 226 g/mol. The van der Waals surface area contributed by atoms with Gasteiger partial charge in [-0.05, 0) is 34.6 Å². The molecule has 0 radical (unpaired) electrons. The zero-order chi connectivity index (χ0) is 12.6. The lowest BCUT2D eigenvalue weighted by molar-refractivity contribution is 0.0513. The number of hydrogen-bond acceptors (Lipinski definition) is 4. The van der Waals surface area contributed by atoms with Crippen molar-refractivity contribution < 1.29 is 14.6 Å². The molecule has 0 aliphatic carbocycles. The Hall–Kier alpha value is -1.36. The van der Waals surface area contributed by atoms with Gasteiger partial charge in [0.05, 0.1) is 11.8 Å². The molecule has 1 aromatic rings. The molecule has 5 heteroatoms. The van der Waals surface area contributed by atoms with Crippen LogP contribution in [0.3, 0.4) is 0 Å². The van der Waals surface area contributed by atoms with E-state index < -0.39 is 17.3 Å². The van der Waals surface area contributed by atoms with E-state index in [1.54, 1.807) is 34.6 Å². The number of aliphatic hydroxyl groups is 1. The third-order valence-electron chi connectivity index (χ3n) is 1.87. The molecule has 1 aromatic heterocycles. The maximum atomic E-state index is 11.6. The molecule has 1 rings (SSSR count). The third kappa shape index (κ3) is 3.34. The summed E-state index contributed by atoms with van der Waals surface area (Å²) in [7, 11) is 0. The zero-order valence-electron chi connectivity index (χ0n) is 10.3. The van der Waals surface area contributed by atoms with Crippen molar-refractivity contribution in [2.75, 3.05) is 0 Å². The molecule has 0 spiro atoms. The van der Waals surface area contributed by atoms with Crippen molar-refractivity contribution in [3.05, 3.63) is 18.0 Å². The molecule has 0 aliphatic rings. The molecule has 16 heavy (non-hydrogen) atoms. The topological polar surface area (TPSA) is 64.3 Å². The summed E-state index contributed by atoms with van der Waals surface area (Å²) in [6, 6.07) is 0. The van der Waals surface area contributed by atoms with Crippen molar-refractivity contribution in [3.63, 3.8) is 0 Å². The standard InChI is InChI=1S/C11H18N2O3/c1-10(2,3)16-9(14)13-7-8(6-12-13)11(4,5)15/h6-7,15H,1-5H3. The van der Waals surface area contributed by atoms with Crippen molar-refractivity contribution in [3.8, 4) is 0 Å². The van der Waals surface area contributed by atoms with Gasteiger partial charge in [0.2, 0.25) is 0 Å². The summed E-state index contributed by atoms with van der Waals surface area (Å²) in [6.45, 7) is 8.61. The van der Waals surface area contributed by atoms with Gasteiger partial charge in [-0.1, -0.05) is 0 Å². The second-order valence-corrected chi connectivity index (χ2v) is 5.21. The summed E-state index contributed by atoms with van der Waals surface area (Å²) in [6.07, 6.45) is 2.36. The van der Waals surface area contributed by atoms with Crippen LogP contribution in [0.5, 0.6) is 0 Å². The number of rotatable bonds is 1. The summed E-state index contributed by atoms with van der Waals surface area (Å²) in [5.74, 6) is 0. The molecular formula is C11H18N2O3. The van der Waals surface area contributed by atoms with E-state index in [0.717, 1.165) is 4.68 Å². The van der Waals surface area contributed by atoms with Crippen LogP contribution in [0.15, 0.2) is 12.4 Å². The Labute approximate surface area is 95.0 Å². The fourth-order valence-electron chi connectivity index (χ4n) is 1.05. The van der Waals surface area contributed by atoms with Crippen LogP contribution in [0, 0.1) is 0 Å². The Balaban J connectivity index is 2.83. The predicted octanol–water partition coefficient (Wildman–Crippen LogP) is 1.89. The summed E-state index contributed by atoms with van der Waals surface area (Å²) in [5.41, 5.74) is -1.00. The van der Waals surface area contributed by atoms with E-state index in [9.17, 15) is 9.90 Å². The van der Waals surface area contributed by atoms with Crippen LogP contribution in [0.4, 0.5) is 4.79 Å². The Morgan fingerprint density at radius 3 is 2.31 bits per heavy atom. The molecule has 5 nitrogen and oxygen atoms in total. The van der Waals surface area contributed by atoms with Crippen LogP contribution in [0.25, 0.3) is 0 Å². The minimum atomic E-state index is -1.01. The van der Waals surface area contributed by atoms with Crippen molar-refractivity contribution in [2.24, 2.45) is 0 Å². The number of carbonyl (C=O) groups excluding carboxylic acids is 1. The van der Waals surface area contributed by atoms with Gasteiger partial charge in [0.25, 0.3) is 0 Å². The fraction of sp³-hybridized carbons (Fsp3) is 0.636. The zero-order valence-corrected chi connectivity index (χ0v) is 10.3. The molecule has 0 bridgehead atoms. The summed E-state index contributed by atoms with van der Waals surface area (Å²) < 4.78 is 6.21. The molecule has 1 N–H and O–H groups in total. The number of aromatic nitrogens is 2. The SMILES string of the molecule is CC(C)(C)OC(=O)n1cc(C(C)(C)O)cn1. The van der Waals surface area contributed by atoms with Gasteiger partial charge in [-0.2, -0.15) is 9.78 Å². The average Bonchev–Trinajstić information content (AvgIpc) is 2.46. The quantitative estimate of drug-likeness (QED) is 0.794. The first kappa shape index (κ1) is 12.7. The second-order valence-electron chi connectivity index (χ2n) is 5.21. The van der Waals surface area contributed by atoms with E-state index in [1.807, 2.05) is 0 Å². The molecule has 1 heterocycles. The van der Waals surface area contributed by atoms with Crippen molar-refractivity contribution >= 4 is 6.09 Å². The third-order valence-corrected chi connectivity index (χ3v) is 1.87. The van der Waals surface area contributed by atoms with Crippen LogP contribution in [0.1, 0.15) is 40.2 Å². The largest absolute Gasteiger partial charge is 0.442 e. The van der Waals surface area contributed by atoms with E-state index in [-0.39, 0.29) is 0 Å². The molecule has 0 fully saturated rings. The highest BCUT2D eigenvalue weighted by Gasteiger charge is 2.22. The maximum Gasteiger partial charge on any atom is 0.435 e. The van der Waals surface area contributed by atoms with Crippen LogP contribution in [-0.4, -0.2) is 26.6 Å². The fourth-order valence-corrected chi connectivity index (χ4v) is 1.05. The predicted molar refractivity (Wildman–Crippen MR) is 59.1 cm³/mol. The lowest BCUT2D eigenvalue weighted by Gasteiger charge is -2.19. The summed E-state index contributed by atoms with van der Waals surface area (Å²) in [4.78, 5) is 11.6. The number of nitrogens with zero attached hydrogens (tertiary/aromatic N) is 2. The first-order valence-corrected chi connectivity index (χ1v) is 5.10. The van der Waals surface area contributed by atoms with Gasteiger partial charge in [0.1, 0.15) is 5.60 Å². The summed E-state index contributed by atoms with van der Waals surface area (Å²) in [5, 5.41) is 13.6. The van der Waals surface area contributed by atoms with Crippen LogP contribution in [-0.2, 0) is 10.3 Å². The van der Waals surface area contributed by atoms with Crippen molar-refractivity contribution in [2.45, 2.75) is 45.8 Å². The molecule has 0 saturated carbocycles. The van der Waals surface area contributed by atoms with Crippen molar-refractivity contribution in [1.82, 2.24) is 9.78 Å². The van der Waals surface area contributed by atoms with E-state index in [4.69, 9.17) is 4.74 Å². The van der Waals surface area contributed by atoms with Gasteiger partial charge in [-0.25, -0.2) is 4.79 Å². The van der Waals surface area contributed by atoms with Crippen molar-refractivity contribution in [1.29, 1.82) is 0 Å². The molecule has 0 amide bonds. The molecule has 0 unspecified atom stereocenters. The molecule has 0 atom stereocenters.